The lowest BCUT2D eigenvalue weighted by Gasteiger charge is -2.32. The van der Waals surface area contributed by atoms with Gasteiger partial charge in [-0.05, 0) is 38.5 Å². The molecule has 0 bridgehead atoms. The summed E-state index contributed by atoms with van der Waals surface area (Å²) in [6, 6.07) is 0. The molecule has 0 radical (unpaired) electrons. The van der Waals surface area contributed by atoms with E-state index in [1.165, 1.54) is 16.6 Å². The minimum Gasteiger partial charge on any atom is -0.356 e. The number of allylic oxidation sites excluding steroid dienone is 1. The number of aromatic amines is 1. The normalized spacial score (nSPS) is 24.8. The first-order chi connectivity index (χ1) is 11.3. The van der Waals surface area contributed by atoms with Gasteiger partial charge in [0.25, 0.3) is 5.56 Å². The topological polar surface area (TPSA) is 105 Å². The van der Waals surface area contributed by atoms with Gasteiger partial charge in [-0.2, -0.15) is 0 Å². The van der Waals surface area contributed by atoms with Crippen LogP contribution in [-0.4, -0.2) is 21.3 Å². The van der Waals surface area contributed by atoms with Gasteiger partial charge >= 0.3 is 5.69 Å². The quantitative estimate of drug-likeness (QED) is 0.612. The van der Waals surface area contributed by atoms with Crippen LogP contribution >= 0.6 is 0 Å². The Hall–Kier alpha value is -2.02. The molecule has 0 amide bonds. The Labute approximate surface area is 141 Å². The van der Waals surface area contributed by atoms with Gasteiger partial charge in [-0.25, -0.2) is 4.79 Å². The molecule has 3 rings (SSSR count). The second kappa shape index (κ2) is 6.12. The number of rotatable bonds is 5. The van der Waals surface area contributed by atoms with Crippen molar-refractivity contribution >= 4 is 11.5 Å². The molecular weight excluding hydrogens is 306 g/mol. The summed E-state index contributed by atoms with van der Waals surface area (Å²) < 4.78 is 1.23. The van der Waals surface area contributed by atoms with Crippen molar-refractivity contribution in [1.82, 2.24) is 9.55 Å². The van der Waals surface area contributed by atoms with Crippen molar-refractivity contribution in [2.24, 2.45) is 11.7 Å². The number of H-pyrrole nitrogens is 1. The Morgan fingerprint density at radius 3 is 2.75 bits per heavy atom. The van der Waals surface area contributed by atoms with E-state index >= 15 is 0 Å². The first-order valence-electron chi connectivity index (χ1n) is 8.70. The van der Waals surface area contributed by atoms with Crippen molar-refractivity contribution in [2.75, 3.05) is 10.6 Å². The Bertz CT molecular complexity index is 774. The number of nitrogens with one attached hydrogen (secondary N) is 3. The highest BCUT2D eigenvalue weighted by atomic mass is 16.2. The van der Waals surface area contributed by atoms with E-state index in [1.807, 2.05) is 13.8 Å². The van der Waals surface area contributed by atoms with Gasteiger partial charge in [0, 0.05) is 6.54 Å². The van der Waals surface area contributed by atoms with Crippen molar-refractivity contribution < 1.29 is 0 Å². The summed E-state index contributed by atoms with van der Waals surface area (Å²) in [7, 11) is 0. The fourth-order valence-electron chi connectivity index (χ4n) is 3.62. The predicted molar refractivity (Wildman–Crippen MR) is 96.3 cm³/mol. The summed E-state index contributed by atoms with van der Waals surface area (Å²) in [6.45, 7) is 6.51. The third kappa shape index (κ3) is 3.00. The van der Waals surface area contributed by atoms with Crippen LogP contribution in [0.4, 0.5) is 11.5 Å². The minimum atomic E-state index is -0.576. The molecule has 2 unspecified atom stereocenters. The van der Waals surface area contributed by atoms with E-state index in [9.17, 15) is 9.59 Å². The van der Waals surface area contributed by atoms with Crippen LogP contribution in [0.5, 0.6) is 0 Å². The molecule has 0 spiro atoms. The molecule has 5 N–H and O–H groups in total. The summed E-state index contributed by atoms with van der Waals surface area (Å²) in [5, 5.41) is 6.37. The van der Waals surface area contributed by atoms with Gasteiger partial charge in [0.2, 0.25) is 0 Å². The summed E-state index contributed by atoms with van der Waals surface area (Å²) in [4.78, 5) is 27.3. The van der Waals surface area contributed by atoms with Crippen molar-refractivity contribution in [3.05, 3.63) is 32.5 Å². The predicted octanol–water partition coefficient (Wildman–Crippen LogP) is 1.57. The third-order valence-corrected chi connectivity index (χ3v) is 4.92. The van der Waals surface area contributed by atoms with Crippen molar-refractivity contribution in [3.63, 3.8) is 0 Å². The summed E-state index contributed by atoms with van der Waals surface area (Å²) in [5.74, 6) is 1.04. The monoisotopic (exact) mass is 333 g/mol. The van der Waals surface area contributed by atoms with E-state index in [0.717, 1.165) is 19.3 Å². The molecule has 0 aromatic carbocycles. The van der Waals surface area contributed by atoms with Crippen LogP contribution in [0.1, 0.15) is 46.5 Å². The Morgan fingerprint density at radius 1 is 1.38 bits per heavy atom. The van der Waals surface area contributed by atoms with E-state index in [-0.39, 0.29) is 17.4 Å². The molecule has 7 nitrogen and oxygen atoms in total. The van der Waals surface area contributed by atoms with Crippen molar-refractivity contribution in [1.29, 1.82) is 0 Å². The van der Waals surface area contributed by atoms with Gasteiger partial charge < -0.3 is 16.4 Å². The molecule has 24 heavy (non-hydrogen) atoms. The number of anilines is 2. The molecule has 1 aliphatic heterocycles. The lowest BCUT2D eigenvalue weighted by molar-refractivity contribution is 0.419. The number of hydrogen-bond acceptors (Lipinski definition) is 5. The zero-order valence-electron chi connectivity index (χ0n) is 14.6. The first-order valence-corrected chi connectivity index (χ1v) is 8.70. The highest BCUT2D eigenvalue weighted by Gasteiger charge is 2.37. The highest BCUT2D eigenvalue weighted by Crippen LogP contribution is 2.33. The number of fused-ring (bicyclic) bond motifs is 1. The number of hydrogen-bond donors (Lipinski definition) is 4. The SMILES string of the molecule is CCCn1c(=O)[nH]c2c(c1=O)NC(C(C)(N)CC1=C[C@H](C)CC1)N2. The van der Waals surface area contributed by atoms with Crippen LogP contribution in [0.2, 0.25) is 0 Å². The molecule has 1 aromatic rings. The molecule has 1 aromatic heterocycles. The second-order valence-electron chi connectivity index (χ2n) is 7.38. The van der Waals surface area contributed by atoms with Gasteiger partial charge in [0.05, 0.1) is 5.54 Å². The molecule has 1 aliphatic carbocycles. The van der Waals surface area contributed by atoms with Crippen LogP contribution in [0, 0.1) is 5.92 Å². The zero-order chi connectivity index (χ0) is 17.5. The van der Waals surface area contributed by atoms with Gasteiger partial charge in [-0.15, -0.1) is 0 Å². The van der Waals surface area contributed by atoms with Gasteiger partial charge in [0.1, 0.15) is 17.7 Å². The molecule has 132 valence electrons. The van der Waals surface area contributed by atoms with Crippen molar-refractivity contribution in [2.45, 2.75) is 64.7 Å². The van der Waals surface area contributed by atoms with E-state index in [4.69, 9.17) is 5.73 Å². The lowest BCUT2D eigenvalue weighted by Crippen LogP contribution is -2.54. The smallest absolute Gasteiger partial charge is 0.330 e. The number of nitrogens with zero attached hydrogens (tertiary/aromatic N) is 1. The van der Waals surface area contributed by atoms with E-state index in [1.54, 1.807) is 0 Å². The third-order valence-electron chi connectivity index (χ3n) is 4.92. The molecule has 2 heterocycles. The largest absolute Gasteiger partial charge is 0.356 e. The molecule has 0 saturated heterocycles. The van der Waals surface area contributed by atoms with Crippen LogP contribution in [0.25, 0.3) is 0 Å². The Morgan fingerprint density at radius 2 is 2.12 bits per heavy atom. The Balaban J connectivity index is 1.83. The molecular formula is C17H27N5O2. The summed E-state index contributed by atoms with van der Waals surface area (Å²) in [6.07, 6.45) is 5.72. The van der Waals surface area contributed by atoms with Crippen LogP contribution in [0.15, 0.2) is 21.2 Å². The fraction of sp³-hybridized carbons (Fsp3) is 0.647. The Kier molecular flexibility index (Phi) is 4.29. The number of aromatic nitrogens is 2. The average Bonchev–Trinajstić information content (AvgIpc) is 3.10. The maximum Gasteiger partial charge on any atom is 0.330 e. The van der Waals surface area contributed by atoms with Gasteiger partial charge in [0.15, 0.2) is 0 Å². The van der Waals surface area contributed by atoms with E-state index < -0.39 is 5.54 Å². The molecule has 7 heteroatoms. The summed E-state index contributed by atoms with van der Waals surface area (Å²) >= 11 is 0. The van der Waals surface area contributed by atoms with Crippen LogP contribution in [0.3, 0.4) is 0 Å². The number of nitrogens with two attached hydrogens (primary N) is 1. The van der Waals surface area contributed by atoms with Gasteiger partial charge in [-0.3, -0.25) is 14.3 Å². The average molecular weight is 333 g/mol. The van der Waals surface area contributed by atoms with Crippen molar-refractivity contribution in [3.8, 4) is 0 Å². The minimum absolute atomic E-state index is 0.296. The first kappa shape index (κ1) is 16.8. The van der Waals surface area contributed by atoms with E-state index in [0.29, 0.717) is 24.0 Å². The maximum absolute atomic E-state index is 12.5. The van der Waals surface area contributed by atoms with Crippen LogP contribution in [-0.2, 0) is 6.54 Å². The molecule has 3 atom stereocenters. The highest BCUT2D eigenvalue weighted by molar-refractivity contribution is 5.69. The standard InChI is InChI=1S/C17H27N5O2/c1-4-7-22-14(23)12-13(21-16(22)24)20-15(19-12)17(3,18)9-11-6-5-10(2)8-11/h8,10,15,19-20H,4-7,9,18H2,1-3H3,(H,21,24)/t10-,15?,17?/m1/s1. The zero-order valence-corrected chi connectivity index (χ0v) is 14.6. The lowest BCUT2D eigenvalue weighted by atomic mass is 9.90. The van der Waals surface area contributed by atoms with Crippen LogP contribution < -0.4 is 27.6 Å². The second-order valence-corrected chi connectivity index (χ2v) is 7.38. The molecule has 2 aliphatic rings. The molecule has 0 fully saturated rings. The summed E-state index contributed by atoms with van der Waals surface area (Å²) in [5.41, 5.74) is 7.05. The fourth-order valence-corrected chi connectivity index (χ4v) is 3.62. The molecule has 0 saturated carbocycles. The maximum atomic E-state index is 12.5. The van der Waals surface area contributed by atoms with E-state index in [2.05, 4.69) is 28.6 Å². The van der Waals surface area contributed by atoms with Gasteiger partial charge in [-0.1, -0.05) is 25.5 Å².